The topological polar surface area (TPSA) is 58.6 Å². The predicted molar refractivity (Wildman–Crippen MR) is 76.3 cm³/mol. The van der Waals surface area contributed by atoms with Crippen LogP contribution in [0.15, 0.2) is 29.2 Å². The molecule has 2 aliphatic heterocycles. The molecule has 0 aromatic heterocycles. The van der Waals surface area contributed by atoms with Gasteiger partial charge in [0, 0.05) is 19.6 Å². The molecule has 2 heterocycles. The van der Waals surface area contributed by atoms with Crippen molar-refractivity contribution in [3.8, 4) is 5.75 Å². The molecular formula is C14H20N2O3S. The van der Waals surface area contributed by atoms with Crippen molar-refractivity contribution < 1.29 is 13.2 Å². The van der Waals surface area contributed by atoms with Crippen LogP contribution in [-0.4, -0.2) is 46.0 Å². The largest absolute Gasteiger partial charge is 0.495 e. The van der Waals surface area contributed by atoms with Crippen molar-refractivity contribution in [2.45, 2.75) is 17.7 Å². The van der Waals surface area contributed by atoms with E-state index in [1.54, 1.807) is 28.6 Å². The summed E-state index contributed by atoms with van der Waals surface area (Å²) in [7, 11) is -1.96. The first-order valence-corrected chi connectivity index (χ1v) is 8.35. The van der Waals surface area contributed by atoms with E-state index in [0.29, 0.717) is 18.8 Å². The summed E-state index contributed by atoms with van der Waals surface area (Å²) < 4.78 is 32.4. The molecule has 1 aromatic carbocycles. The maximum Gasteiger partial charge on any atom is 0.246 e. The van der Waals surface area contributed by atoms with E-state index in [9.17, 15) is 8.42 Å². The summed E-state index contributed by atoms with van der Waals surface area (Å²) in [5.41, 5.74) is 0.134. The van der Waals surface area contributed by atoms with Crippen LogP contribution in [0.3, 0.4) is 0 Å². The molecule has 0 bridgehead atoms. The Hall–Kier alpha value is -1.11. The van der Waals surface area contributed by atoms with Gasteiger partial charge in [-0.3, -0.25) is 0 Å². The fourth-order valence-electron chi connectivity index (χ4n) is 3.21. The SMILES string of the molecule is COc1ccccc1S(=O)(=O)N1CCC2(CCNC2)C1. The number of rotatable bonds is 3. The zero-order valence-corrected chi connectivity index (χ0v) is 12.4. The molecule has 20 heavy (non-hydrogen) atoms. The van der Waals surface area contributed by atoms with Crippen molar-refractivity contribution in [2.75, 3.05) is 33.3 Å². The Bertz CT molecular complexity index is 594. The molecule has 1 unspecified atom stereocenters. The zero-order valence-electron chi connectivity index (χ0n) is 11.6. The van der Waals surface area contributed by atoms with Crippen LogP contribution in [0.25, 0.3) is 0 Å². The number of benzene rings is 1. The van der Waals surface area contributed by atoms with Crippen LogP contribution in [0.2, 0.25) is 0 Å². The first-order valence-electron chi connectivity index (χ1n) is 6.91. The van der Waals surface area contributed by atoms with Crippen molar-refractivity contribution in [3.05, 3.63) is 24.3 Å². The lowest BCUT2D eigenvalue weighted by molar-refractivity contribution is 0.337. The lowest BCUT2D eigenvalue weighted by atomic mass is 9.87. The van der Waals surface area contributed by atoms with Gasteiger partial charge in [0.15, 0.2) is 0 Å². The highest BCUT2D eigenvalue weighted by Crippen LogP contribution is 2.39. The maximum absolute atomic E-state index is 12.8. The second-order valence-electron chi connectivity index (χ2n) is 5.67. The summed E-state index contributed by atoms with van der Waals surface area (Å²) >= 11 is 0. The molecule has 0 saturated carbocycles. The Kier molecular flexibility index (Phi) is 3.48. The lowest BCUT2D eigenvalue weighted by Gasteiger charge is -2.23. The van der Waals surface area contributed by atoms with Gasteiger partial charge in [0.2, 0.25) is 10.0 Å². The summed E-state index contributed by atoms with van der Waals surface area (Å²) in [6.45, 7) is 3.12. The first-order chi connectivity index (χ1) is 9.57. The van der Waals surface area contributed by atoms with E-state index >= 15 is 0 Å². The summed E-state index contributed by atoms with van der Waals surface area (Å²) in [6.07, 6.45) is 2.00. The van der Waals surface area contributed by atoms with Crippen molar-refractivity contribution in [1.82, 2.24) is 9.62 Å². The molecule has 1 spiro atoms. The van der Waals surface area contributed by atoms with Crippen molar-refractivity contribution in [3.63, 3.8) is 0 Å². The number of ether oxygens (including phenoxy) is 1. The molecule has 6 heteroatoms. The van der Waals surface area contributed by atoms with Crippen LogP contribution in [0.5, 0.6) is 5.75 Å². The highest BCUT2D eigenvalue weighted by atomic mass is 32.2. The van der Waals surface area contributed by atoms with E-state index < -0.39 is 10.0 Å². The molecule has 5 nitrogen and oxygen atoms in total. The van der Waals surface area contributed by atoms with Gasteiger partial charge in [-0.2, -0.15) is 4.31 Å². The van der Waals surface area contributed by atoms with Crippen LogP contribution in [0.1, 0.15) is 12.8 Å². The number of methoxy groups -OCH3 is 1. The van der Waals surface area contributed by atoms with E-state index in [4.69, 9.17) is 4.74 Å². The smallest absolute Gasteiger partial charge is 0.246 e. The van der Waals surface area contributed by atoms with E-state index in [1.165, 1.54) is 7.11 Å². The Balaban J connectivity index is 1.89. The van der Waals surface area contributed by atoms with Crippen LogP contribution >= 0.6 is 0 Å². The normalized spacial score (nSPS) is 27.2. The molecule has 0 amide bonds. The minimum Gasteiger partial charge on any atom is -0.495 e. The average molecular weight is 296 g/mol. The maximum atomic E-state index is 12.8. The predicted octanol–water partition coefficient (Wildman–Crippen LogP) is 1.07. The molecule has 0 radical (unpaired) electrons. The molecule has 1 N–H and O–H groups in total. The number of hydrogen-bond acceptors (Lipinski definition) is 4. The Morgan fingerprint density at radius 1 is 1.30 bits per heavy atom. The Morgan fingerprint density at radius 2 is 2.10 bits per heavy atom. The van der Waals surface area contributed by atoms with Gasteiger partial charge in [0.1, 0.15) is 10.6 Å². The summed E-state index contributed by atoms with van der Waals surface area (Å²) in [6, 6.07) is 6.82. The number of hydrogen-bond donors (Lipinski definition) is 1. The number of nitrogens with one attached hydrogen (secondary N) is 1. The number of para-hydroxylation sites is 1. The standard InChI is InChI=1S/C14H20N2O3S/c1-19-12-4-2-3-5-13(12)20(17,18)16-9-7-14(11-16)6-8-15-10-14/h2-5,15H,6-11H2,1H3. The van der Waals surface area contributed by atoms with Gasteiger partial charge in [0.05, 0.1) is 7.11 Å². The molecule has 0 aliphatic carbocycles. The highest BCUT2D eigenvalue weighted by molar-refractivity contribution is 7.89. The molecule has 3 rings (SSSR count). The van der Waals surface area contributed by atoms with Gasteiger partial charge in [-0.1, -0.05) is 12.1 Å². The minimum absolute atomic E-state index is 0.134. The van der Waals surface area contributed by atoms with Gasteiger partial charge in [-0.05, 0) is 36.9 Å². The van der Waals surface area contributed by atoms with Crippen LogP contribution in [0.4, 0.5) is 0 Å². The Labute approximate surface area is 120 Å². The molecular weight excluding hydrogens is 276 g/mol. The molecule has 1 aromatic rings. The van der Waals surface area contributed by atoms with Crippen LogP contribution < -0.4 is 10.1 Å². The highest BCUT2D eigenvalue weighted by Gasteiger charge is 2.44. The zero-order chi connectivity index (χ0) is 14.2. The summed E-state index contributed by atoms with van der Waals surface area (Å²) in [4.78, 5) is 0.269. The van der Waals surface area contributed by atoms with Gasteiger partial charge in [-0.15, -0.1) is 0 Å². The molecule has 2 fully saturated rings. The molecule has 1 atom stereocenters. The van der Waals surface area contributed by atoms with Gasteiger partial charge < -0.3 is 10.1 Å². The van der Waals surface area contributed by atoms with Crippen molar-refractivity contribution in [1.29, 1.82) is 0 Å². The first kappa shape index (κ1) is 13.9. The van der Waals surface area contributed by atoms with E-state index in [0.717, 1.165) is 25.9 Å². The van der Waals surface area contributed by atoms with Gasteiger partial charge >= 0.3 is 0 Å². The summed E-state index contributed by atoms with van der Waals surface area (Å²) in [5, 5.41) is 3.34. The molecule has 110 valence electrons. The number of sulfonamides is 1. The van der Waals surface area contributed by atoms with Crippen molar-refractivity contribution >= 4 is 10.0 Å². The number of nitrogens with zero attached hydrogens (tertiary/aromatic N) is 1. The third-order valence-corrected chi connectivity index (χ3v) is 6.31. The fourth-order valence-corrected chi connectivity index (χ4v) is 4.92. The monoisotopic (exact) mass is 296 g/mol. The molecule has 2 saturated heterocycles. The van der Waals surface area contributed by atoms with E-state index in [-0.39, 0.29) is 10.3 Å². The minimum atomic E-state index is -3.46. The third kappa shape index (κ3) is 2.21. The second-order valence-corrected chi connectivity index (χ2v) is 7.57. The second kappa shape index (κ2) is 5.02. The average Bonchev–Trinajstić information content (AvgIpc) is 3.10. The van der Waals surface area contributed by atoms with Crippen LogP contribution in [-0.2, 0) is 10.0 Å². The summed E-state index contributed by atoms with van der Waals surface area (Å²) in [5.74, 6) is 0.415. The Morgan fingerprint density at radius 3 is 2.80 bits per heavy atom. The quantitative estimate of drug-likeness (QED) is 0.906. The lowest BCUT2D eigenvalue weighted by Crippen LogP contribution is -2.33. The van der Waals surface area contributed by atoms with Gasteiger partial charge in [-0.25, -0.2) is 8.42 Å². The van der Waals surface area contributed by atoms with Gasteiger partial charge in [0.25, 0.3) is 0 Å². The molecule has 2 aliphatic rings. The van der Waals surface area contributed by atoms with E-state index in [1.807, 2.05) is 0 Å². The van der Waals surface area contributed by atoms with Crippen LogP contribution in [0, 0.1) is 5.41 Å². The third-order valence-electron chi connectivity index (χ3n) is 4.42. The van der Waals surface area contributed by atoms with Crippen molar-refractivity contribution in [2.24, 2.45) is 5.41 Å². The fraction of sp³-hybridized carbons (Fsp3) is 0.571. The van der Waals surface area contributed by atoms with E-state index in [2.05, 4.69) is 5.32 Å².